The van der Waals surface area contributed by atoms with E-state index in [-0.39, 0.29) is 42.9 Å². The Balaban J connectivity index is 0.00000109. The van der Waals surface area contributed by atoms with Crippen LogP contribution in [0.2, 0.25) is 0 Å². The molecule has 1 atom stereocenters. The molecule has 6 rings (SSSR count). The molecule has 3 aliphatic rings. The number of nitriles is 1. The number of ether oxygens (including phenoxy) is 2. The van der Waals surface area contributed by atoms with Gasteiger partial charge in [-0.2, -0.15) is 5.26 Å². The van der Waals surface area contributed by atoms with Crippen LogP contribution >= 0.6 is 0 Å². The number of aliphatic hydroxyl groups is 1. The smallest absolute Gasteiger partial charge is 0.251 e. The highest BCUT2D eigenvalue weighted by molar-refractivity contribution is 5.95. The molecular formula is C44H58F2N6O4. The summed E-state index contributed by atoms with van der Waals surface area (Å²) in [5, 5.41) is 21.3. The maximum absolute atomic E-state index is 14.3. The summed E-state index contributed by atoms with van der Waals surface area (Å²) in [6.07, 6.45) is 7.17. The monoisotopic (exact) mass is 772 g/mol. The van der Waals surface area contributed by atoms with Crippen molar-refractivity contribution in [1.29, 1.82) is 5.26 Å². The lowest BCUT2D eigenvalue weighted by atomic mass is 9.69. The van der Waals surface area contributed by atoms with Crippen LogP contribution in [-0.4, -0.2) is 96.4 Å². The van der Waals surface area contributed by atoms with E-state index in [1.54, 1.807) is 51.1 Å². The standard InChI is InChI=1S/C39H45FN6O4.C3H7F.C2H6/c1-38(2,26-47)44-37(48)29-9-11-31(12-10-29)42-35(45(3)21-32-15-18-49-32)22-46-24-39(25-46)16-13-28(14-17-39)34-5-4-6-36(43-34)50-23-30-8-7-27(20-41)19-33(30)40;1-2-3-4;1-2/h4-13,19,32,47H,14-18,21-26H2,1-3H3,(H,44,48);2-3H2,1H3;1-2H3. The molecule has 12 heteroatoms. The first-order valence-electron chi connectivity index (χ1n) is 19.6. The number of pyridine rings is 1. The summed E-state index contributed by atoms with van der Waals surface area (Å²) < 4.78 is 36.6. The molecule has 2 N–H and O–H groups in total. The highest BCUT2D eigenvalue weighted by Gasteiger charge is 2.44. The maximum Gasteiger partial charge on any atom is 0.251 e. The molecule has 0 bridgehead atoms. The van der Waals surface area contributed by atoms with Gasteiger partial charge in [0.2, 0.25) is 5.88 Å². The van der Waals surface area contributed by atoms with E-state index in [1.807, 2.05) is 44.2 Å². The lowest BCUT2D eigenvalue weighted by Crippen LogP contribution is -2.59. The van der Waals surface area contributed by atoms with E-state index in [1.165, 1.54) is 11.6 Å². The number of aliphatic hydroxyl groups excluding tert-OH is 1. The molecule has 10 nitrogen and oxygen atoms in total. The third-order valence-electron chi connectivity index (χ3n) is 9.93. The molecule has 2 aliphatic heterocycles. The van der Waals surface area contributed by atoms with Crippen LogP contribution in [0.25, 0.3) is 5.57 Å². The van der Waals surface area contributed by atoms with Crippen molar-refractivity contribution in [3.05, 3.63) is 94.9 Å². The van der Waals surface area contributed by atoms with Crippen LogP contribution in [0.4, 0.5) is 14.5 Å². The Morgan fingerprint density at radius 2 is 1.91 bits per heavy atom. The summed E-state index contributed by atoms with van der Waals surface area (Å²) in [5.41, 5.74) is 3.55. The van der Waals surface area contributed by atoms with E-state index < -0.39 is 11.4 Å². The van der Waals surface area contributed by atoms with Crippen molar-refractivity contribution in [2.75, 3.05) is 53.1 Å². The van der Waals surface area contributed by atoms with Crippen LogP contribution in [-0.2, 0) is 11.3 Å². The number of nitrogens with one attached hydrogen (secondary N) is 1. The lowest BCUT2D eigenvalue weighted by molar-refractivity contribution is -0.0577. The molecule has 1 aliphatic carbocycles. The number of likely N-dealkylation sites (N-methyl/N-ethyl adjacent to an activating group) is 1. The second-order valence-corrected chi connectivity index (χ2v) is 15.1. The molecule has 2 aromatic carbocycles. The molecule has 3 heterocycles. The predicted octanol–water partition coefficient (Wildman–Crippen LogP) is 7.88. The number of halogens is 2. The van der Waals surface area contributed by atoms with E-state index >= 15 is 0 Å². The van der Waals surface area contributed by atoms with Crippen LogP contribution in [0.15, 0.2) is 71.7 Å². The second kappa shape index (κ2) is 21.0. The Morgan fingerprint density at radius 3 is 2.48 bits per heavy atom. The number of carbonyl (C=O) groups excluding carboxylic acids is 1. The molecule has 1 amide bonds. The van der Waals surface area contributed by atoms with E-state index in [9.17, 15) is 18.7 Å². The van der Waals surface area contributed by atoms with Gasteiger partial charge in [0.15, 0.2) is 0 Å². The molecule has 302 valence electrons. The molecule has 56 heavy (non-hydrogen) atoms. The fourth-order valence-corrected chi connectivity index (χ4v) is 6.57. The number of benzene rings is 2. The van der Waals surface area contributed by atoms with Crippen molar-refractivity contribution in [3.8, 4) is 11.9 Å². The van der Waals surface area contributed by atoms with Gasteiger partial charge in [0.25, 0.3) is 5.91 Å². The Morgan fingerprint density at radius 1 is 1.20 bits per heavy atom. The molecular weight excluding hydrogens is 715 g/mol. The number of amidine groups is 1. The average molecular weight is 773 g/mol. The zero-order valence-corrected chi connectivity index (χ0v) is 33.8. The Hall–Kier alpha value is -4.70. The largest absolute Gasteiger partial charge is 0.473 e. The molecule has 1 spiro atoms. The van der Waals surface area contributed by atoms with E-state index in [0.717, 1.165) is 75.7 Å². The van der Waals surface area contributed by atoms with Crippen molar-refractivity contribution in [1.82, 2.24) is 20.1 Å². The van der Waals surface area contributed by atoms with E-state index in [4.69, 9.17) is 24.7 Å². The average Bonchev–Trinajstić information content (AvgIpc) is 3.19. The molecule has 2 fully saturated rings. The summed E-state index contributed by atoms with van der Waals surface area (Å²) in [4.78, 5) is 27.0. The van der Waals surface area contributed by atoms with Crippen molar-refractivity contribution in [2.45, 2.75) is 85.0 Å². The van der Waals surface area contributed by atoms with Gasteiger partial charge in [0, 0.05) is 50.5 Å². The Kier molecular flexibility index (Phi) is 16.5. The summed E-state index contributed by atoms with van der Waals surface area (Å²) in [5.74, 6) is 0.701. The number of likely N-dealkylation sites (tertiary alicyclic amines) is 1. The number of aromatic nitrogens is 1. The van der Waals surface area contributed by atoms with Gasteiger partial charge in [0.05, 0.1) is 54.5 Å². The minimum absolute atomic E-state index is 0.0343. The van der Waals surface area contributed by atoms with Gasteiger partial charge in [-0.1, -0.05) is 39.0 Å². The zero-order chi connectivity index (χ0) is 40.7. The first-order chi connectivity index (χ1) is 26.9. The fourth-order valence-electron chi connectivity index (χ4n) is 6.57. The molecule has 1 unspecified atom stereocenters. The highest BCUT2D eigenvalue weighted by Crippen LogP contribution is 2.45. The van der Waals surface area contributed by atoms with Gasteiger partial charge in [-0.15, -0.1) is 0 Å². The third-order valence-corrected chi connectivity index (χ3v) is 9.93. The highest BCUT2D eigenvalue weighted by atomic mass is 19.1. The normalized spacial score (nSPS) is 17.4. The number of allylic oxidation sites excluding steroid dienone is 2. The van der Waals surface area contributed by atoms with Crippen LogP contribution in [0, 0.1) is 22.6 Å². The SMILES string of the molecule is CC.CCCF.CN(CC1CCO1)C(CN1CC2(CC=C(c3cccc(OCc4ccc(C#N)cc4F)n3)CC2)C1)=Nc1ccc(C(=O)NC(C)(C)CO)cc1. The van der Waals surface area contributed by atoms with Crippen molar-refractivity contribution in [3.63, 3.8) is 0 Å². The minimum atomic E-state index is -0.702. The summed E-state index contributed by atoms with van der Waals surface area (Å²) in [7, 11) is 2.07. The number of nitrogens with zero attached hydrogens (tertiary/aromatic N) is 5. The molecule has 3 aromatic rings. The number of hydrogen-bond donors (Lipinski definition) is 2. The number of rotatable bonds is 13. The van der Waals surface area contributed by atoms with Crippen LogP contribution in [0.1, 0.15) is 93.9 Å². The zero-order valence-electron chi connectivity index (χ0n) is 33.8. The molecule has 2 saturated heterocycles. The van der Waals surface area contributed by atoms with E-state index in [0.29, 0.717) is 23.4 Å². The van der Waals surface area contributed by atoms with Crippen LogP contribution < -0.4 is 10.1 Å². The van der Waals surface area contributed by atoms with Gasteiger partial charge in [-0.25, -0.2) is 14.4 Å². The number of hydrogen-bond acceptors (Lipinski definition) is 8. The first kappa shape index (κ1) is 44.0. The molecule has 1 aromatic heterocycles. The van der Waals surface area contributed by atoms with Gasteiger partial charge in [-0.05, 0) is 99.4 Å². The number of aliphatic imine (C=N–C) groups is 1. The summed E-state index contributed by atoms with van der Waals surface area (Å²) in [6, 6.07) is 19.2. The lowest BCUT2D eigenvalue weighted by Gasteiger charge is -2.52. The van der Waals surface area contributed by atoms with Gasteiger partial charge >= 0.3 is 0 Å². The van der Waals surface area contributed by atoms with Gasteiger partial charge in [-0.3, -0.25) is 14.1 Å². The Bertz CT molecular complexity index is 1830. The van der Waals surface area contributed by atoms with Gasteiger partial charge in [0.1, 0.15) is 18.3 Å². The second-order valence-electron chi connectivity index (χ2n) is 15.1. The Labute approximate surface area is 331 Å². The quantitative estimate of drug-likeness (QED) is 0.133. The fraction of sp³-hybridized carbons (Fsp3) is 0.500. The van der Waals surface area contributed by atoms with Crippen LogP contribution in [0.5, 0.6) is 5.88 Å². The van der Waals surface area contributed by atoms with Gasteiger partial charge < -0.3 is 24.8 Å². The topological polar surface area (TPSA) is 123 Å². The number of amides is 1. The number of alkyl halides is 1. The van der Waals surface area contributed by atoms with Crippen molar-refractivity contribution in [2.24, 2.45) is 10.4 Å². The molecule has 0 radical (unpaired) electrons. The summed E-state index contributed by atoms with van der Waals surface area (Å²) in [6.45, 7) is 13.3. The van der Waals surface area contributed by atoms with Crippen LogP contribution in [0.3, 0.4) is 0 Å². The first-order valence-corrected chi connectivity index (χ1v) is 19.6. The number of carbonyl (C=O) groups is 1. The van der Waals surface area contributed by atoms with Crippen molar-refractivity contribution >= 4 is 23.0 Å². The summed E-state index contributed by atoms with van der Waals surface area (Å²) >= 11 is 0. The minimum Gasteiger partial charge on any atom is -0.473 e. The van der Waals surface area contributed by atoms with E-state index in [2.05, 4.69) is 28.2 Å². The third kappa shape index (κ3) is 12.4. The molecule has 0 saturated carbocycles. The predicted molar refractivity (Wildman–Crippen MR) is 217 cm³/mol. The van der Waals surface area contributed by atoms with Crippen molar-refractivity contribution < 1.29 is 28.2 Å². The maximum atomic E-state index is 14.3.